The summed E-state index contributed by atoms with van der Waals surface area (Å²) in [5.41, 5.74) is 13.8. The van der Waals surface area contributed by atoms with Crippen molar-refractivity contribution in [3.63, 3.8) is 0 Å². The number of rotatable bonds is 1. The predicted molar refractivity (Wildman–Crippen MR) is 68.5 cm³/mol. The van der Waals surface area contributed by atoms with Crippen LogP contribution in [0.4, 0.5) is 11.4 Å². The Kier molecular flexibility index (Phi) is 3.31. The summed E-state index contributed by atoms with van der Waals surface area (Å²) in [6.07, 6.45) is 0. The van der Waals surface area contributed by atoms with Crippen molar-refractivity contribution in [3.8, 4) is 0 Å². The summed E-state index contributed by atoms with van der Waals surface area (Å²) in [6, 6.07) is 8.22. The van der Waals surface area contributed by atoms with Gasteiger partial charge in [0, 0.05) is 43.6 Å². The molecule has 4 N–H and O–H groups in total. The maximum Gasteiger partial charge on any atom is 0.0368 e. The monoisotopic (exact) mass is 220 g/mol. The molecule has 16 heavy (non-hydrogen) atoms. The number of hydrogen-bond acceptors (Lipinski definition) is 4. The zero-order valence-electron chi connectivity index (χ0n) is 9.76. The molecule has 1 saturated heterocycles. The van der Waals surface area contributed by atoms with Gasteiger partial charge in [0.05, 0.1) is 0 Å². The fourth-order valence-corrected chi connectivity index (χ4v) is 2.13. The van der Waals surface area contributed by atoms with Crippen LogP contribution in [-0.2, 0) is 0 Å². The minimum absolute atomic E-state index is 0.213. The van der Waals surface area contributed by atoms with Crippen LogP contribution in [0.25, 0.3) is 0 Å². The van der Waals surface area contributed by atoms with Crippen LogP contribution in [-0.4, -0.2) is 44.2 Å². The summed E-state index contributed by atoms with van der Waals surface area (Å²) in [5, 5.41) is 0. The maximum absolute atomic E-state index is 6.07. The van der Waals surface area contributed by atoms with E-state index in [4.69, 9.17) is 11.5 Å². The lowest BCUT2D eigenvalue weighted by Crippen LogP contribution is -2.39. The van der Waals surface area contributed by atoms with Crippen LogP contribution in [0.2, 0.25) is 0 Å². The number of likely N-dealkylation sites (N-methyl/N-ethyl adjacent to an activating group) is 1. The lowest BCUT2D eigenvalue weighted by Gasteiger charge is -2.24. The zero-order valence-corrected chi connectivity index (χ0v) is 9.76. The summed E-state index contributed by atoms with van der Waals surface area (Å²) in [5.74, 6) is 0. The van der Waals surface area contributed by atoms with E-state index < -0.39 is 0 Å². The summed E-state index contributed by atoms with van der Waals surface area (Å²) in [7, 11) is 2.12. The van der Waals surface area contributed by atoms with Gasteiger partial charge < -0.3 is 21.3 Å². The molecule has 0 amide bonds. The van der Waals surface area contributed by atoms with Gasteiger partial charge in [-0.2, -0.15) is 0 Å². The van der Waals surface area contributed by atoms with Crippen molar-refractivity contribution in [2.45, 2.75) is 6.04 Å². The second-order valence-electron chi connectivity index (χ2n) is 4.56. The highest BCUT2D eigenvalue weighted by Crippen LogP contribution is 2.17. The average Bonchev–Trinajstić information content (AvgIpc) is 2.41. The first-order chi connectivity index (χ1) is 7.65. The SMILES string of the molecule is CN1CCN(c2ccc(N)cc2)CC(N)C1. The van der Waals surface area contributed by atoms with Crippen LogP contribution < -0.4 is 16.4 Å². The van der Waals surface area contributed by atoms with Gasteiger partial charge in [0.25, 0.3) is 0 Å². The van der Waals surface area contributed by atoms with Crippen LogP contribution in [0.15, 0.2) is 24.3 Å². The zero-order chi connectivity index (χ0) is 11.5. The molecular weight excluding hydrogens is 200 g/mol. The van der Waals surface area contributed by atoms with E-state index in [0.717, 1.165) is 31.9 Å². The van der Waals surface area contributed by atoms with Crippen LogP contribution >= 0.6 is 0 Å². The average molecular weight is 220 g/mol. The molecule has 0 bridgehead atoms. The van der Waals surface area contributed by atoms with Crippen molar-refractivity contribution in [2.75, 3.05) is 43.9 Å². The van der Waals surface area contributed by atoms with Gasteiger partial charge in [0.2, 0.25) is 0 Å². The Bertz CT molecular complexity index is 335. The predicted octanol–water partition coefficient (Wildman–Crippen LogP) is 0.348. The highest BCUT2D eigenvalue weighted by Gasteiger charge is 2.17. The number of nitrogen functional groups attached to an aromatic ring is 1. The van der Waals surface area contributed by atoms with E-state index in [-0.39, 0.29) is 6.04 Å². The first kappa shape index (κ1) is 11.2. The van der Waals surface area contributed by atoms with Crippen molar-refractivity contribution < 1.29 is 0 Å². The third-order valence-electron chi connectivity index (χ3n) is 3.01. The molecule has 0 aliphatic carbocycles. The van der Waals surface area contributed by atoms with Crippen LogP contribution in [0.5, 0.6) is 0 Å². The Morgan fingerprint density at radius 3 is 2.50 bits per heavy atom. The van der Waals surface area contributed by atoms with Gasteiger partial charge in [0.1, 0.15) is 0 Å². The number of hydrogen-bond donors (Lipinski definition) is 2. The van der Waals surface area contributed by atoms with Gasteiger partial charge in [-0.3, -0.25) is 0 Å². The summed E-state index contributed by atoms with van der Waals surface area (Å²) in [6.45, 7) is 3.95. The Morgan fingerprint density at radius 2 is 1.81 bits per heavy atom. The highest BCUT2D eigenvalue weighted by atomic mass is 15.2. The smallest absolute Gasteiger partial charge is 0.0368 e. The maximum atomic E-state index is 6.07. The minimum Gasteiger partial charge on any atom is -0.399 e. The summed E-state index contributed by atoms with van der Waals surface area (Å²) < 4.78 is 0. The van der Waals surface area contributed by atoms with Gasteiger partial charge in [-0.25, -0.2) is 0 Å². The molecule has 1 atom stereocenters. The van der Waals surface area contributed by atoms with Crippen molar-refractivity contribution >= 4 is 11.4 Å². The van der Waals surface area contributed by atoms with E-state index in [1.807, 2.05) is 12.1 Å². The van der Waals surface area contributed by atoms with E-state index in [0.29, 0.717) is 0 Å². The standard InChI is InChI=1S/C12H20N4/c1-15-6-7-16(9-11(14)8-15)12-4-2-10(13)3-5-12/h2-5,11H,6-9,13-14H2,1H3. The second kappa shape index (κ2) is 4.72. The van der Waals surface area contributed by atoms with Crippen LogP contribution in [0.3, 0.4) is 0 Å². The molecule has 1 aliphatic heterocycles. The molecule has 0 aromatic heterocycles. The lowest BCUT2D eigenvalue weighted by molar-refractivity contribution is 0.343. The fourth-order valence-electron chi connectivity index (χ4n) is 2.13. The summed E-state index contributed by atoms with van der Waals surface area (Å²) >= 11 is 0. The molecular formula is C12H20N4. The van der Waals surface area contributed by atoms with Gasteiger partial charge in [-0.05, 0) is 31.3 Å². The Hall–Kier alpha value is -1.26. The number of nitrogens with two attached hydrogens (primary N) is 2. The molecule has 88 valence electrons. The molecule has 0 spiro atoms. The molecule has 2 rings (SSSR count). The molecule has 1 aliphatic rings. The topological polar surface area (TPSA) is 58.5 Å². The first-order valence-electron chi connectivity index (χ1n) is 5.70. The van der Waals surface area contributed by atoms with E-state index >= 15 is 0 Å². The molecule has 1 aromatic carbocycles. The van der Waals surface area contributed by atoms with Crippen LogP contribution in [0, 0.1) is 0 Å². The molecule has 1 fully saturated rings. The van der Waals surface area contributed by atoms with Gasteiger partial charge >= 0.3 is 0 Å². The highest BCUT2D eigenvalue weighted by molar-refractivity contribution is 5.53. The third-order valence-corrected chi connectivity index (χ3v) is 3.01. The summed E-state index contributed by atoms with van der Waals surface area (Å²) in [4.78, 5) is 4.61. The number of benzene rings is 1. The molecule has 1 unspecified atom stereocenters. The quantitative estimate of drug-likeness (QED) is 0.670. The van der Waals surface area contributed by atoms with Crippen molar-refractivity contribution in [1.29, 1.82) is 0 Å². The van der Waals surface area contributed by atoms with Crippen LogP contribution in [0.1, 0.15) is 0 Å². The van der Waals surface area contributed by atoms with Gasteiger partial charge in [-0.1, -0.05) is 0 Å². The van der Waals surface area contributed by atoms with Crippen molar-refractivity contribution in [1.82, 2.24) is 4.90 Å². The van der Waals surface area contributed by atoms with Crippen molar-refractivity contribution in [2.24, 2.45) is 5.73 Å². The molecule has 1 aromatic rings. The van der Waals surface area contributed by atoms with E-state index in [2.05, 4.69) is 29.0 Å². The molecule has 1 heterocycles. The first-order valence-corrected chi connectivity index (χ1v) is 5.70. The number of anilines is 2. The Labute approximate surface area is 96.8 Å². The largest absolute Gasteiger partial charge is 0.399 e. The van der Waals surface area contributed by atoms with Gasteiger partial charge in [-0.15, -0.1) is 0 Å². The number of nitrogens with zero attached hydrogens (tertiary/aromatic N) is 2. The Balaban J connectivity index is 2.11. The fraction of sp³-hybridized carbons (Fsp3) is 0.500. The molecule has 0 saturated carbocycles. The van der Waals surface area contributed by atoms with E-state index in [1.165, 1.54) is 5.69 Å². The Morgan fingerprint density at radius 1 is 1.12 bits per heavy atom. The lowest BCUT2D eigenvalue weighted by atomic mass is 10.2. The minimum atomic E-state index is 0.213. The molecule has 4 nitrogen and oxygen atoms in total. The second-order valence-corrected chi connectivity index (χ2v) is 4.56. The molecule has 4 heteroatoms. The molecule has 0 radical (unpaired) electrons. The van der Waals surface area contributed by atoms with Crippen molar-refractivity contribution in [3.05, 3.63) is 24.3 Å². The van der Waals surface area contributed by atoms with E-state index in [1.54, 1.807) is 0 Å². The van der Waals surface area contributed by atoms with E-state index in [9.17, 15) is 0 Å². The third kappa shape index (κ3) is 2.65. The van der Waals surface area contributed by atoms with Gasteiger partial charge in [0.15, 0.2) is 0 Å². The normalized spacial score (nSPS) is 23.1.